The van der Waals surface area contributed by atoms with Crippen LogP contribution in [0, 0.1) is 18.6 Å². The summed E-state index contributed by atoms with van der Waals surface area (Å²) >= 11 is 0. The van der Waals surface area contributed by atoms with E-state index in [9.17, 15) is 18.4 Å². The highest BCUT2D eigenvalue weighted by atomic mass is 19.1. The van der Waals surface area contributed by atoms with Gasteiger partial charge in [0.05, 0.1) is 0 Å². The van der Waals surface area contributed by atoms with Gasteiger partial charge in [0, 0.05) is 17.3 Å². The first-order valence-corrected chi connectivity index (χ1v) is 8.32. The third kappa shape index (κ3) is 4.35. The third-order valence-electron chi connectivity index (χ3n) is 3.81. The smallest absolute Gasteiger partial charge is 0.274 e. The fourth-order valence-corrected chi connectivity index (χ4v) is 2.51. The van der Waals surface area contributed by atoms with Crippen LogP contribution in [-0.2, 0) is 0 Å². The molecule has 142 valence electrons. The van der Waals surface area contributed by atoms with Gasteiger partial charge in [-0.15, -0.1) is 0 Å². The molecule has 0 fully saturated rings. The number of Topliss-reactive ketones (excluding diaryl/α,β-unsaturated/α-hetero) is 1. The van der Waals surface area contributed by atoms with Gasteiger partial charge in [-0.25, -0.2) is 18.7 Å². The average Bonchev–Trinajstić information content (AvgIpc) is 2.64. The Bertz CT molecular complexity index is 1050. The predicted molar refractivity (Wildman–Crippen MR) is 101 cm³/mol. The molecule has 6 nitrogen and oxygen atoms in total. The lowest BCUT2D eigenvalue weighted by molar-refractivity contribution is 0.101. The fraction of sp³-hybridized carbons (Fsp3) is 0.100. The Morgan fingerprint density at radius 3 is 2.32 bits per heavy atom. The molecule has 8 heteroatoms. The third-order valence-corrected chi connectivity index (χ3v) is 3.81. The van der Waals surface area contributed by atoms with Crippen LogP contribution in [0.4, 0.5) is 26.0 Å². The first-order valence-electron chi connectivity index (χ1n) is 8.32. The molecule has 2 aromatic carbocycles. The van der Waals surface area contributed by atoms with Gasteiger partial charge in [-0.2, -0.15) is 0 Å². The summed E-state index contributed by atoms with van der Waals surface area (Å²) in [6.07, 6.45) is 0. The van der Waals surface area contributed by atoms with Gasteiger partial charge in [-0.05, 0) is 38.1 Å². The standard InChI is InChI=1S/C20H16F2N4O2/c1-11(27)13-5-3-6-14(9-13)25-18-10-17(23-12(2)24-18)20(28)26-19-15(21)7-4-8-16(19)22/h3-10H,1-2H3,(H,26,28)(H,23,24,25). The van der Waals surface area contributed by atoms with Crippen molar-refractivity contribution in [3.63, 3.8) is 0 Å². The number of amides is 1. The number of carbonyl (C=O) groups excluding carboxylic acids is 2. The minimum atomic E-state index is -0.890. The van der Waals surface area contributed by atoms with Gasteiger partial charge in [0.15, 0.2) is 5.78 Å². The van der Waals surface area contributed by atoms with Crippen LogP contribution in [-0.4, -0.2) is 21.7 Å². The summed E-state index contributed by atoms with van der Waals surface area (Å²) < 4.78 is 27.5. The number of halogens is 2. The van der Waals surface area contributed by atoms with Crippen LogP contribution in [0.1, 0.15) is 33.6 Å². The van der Waals surface area contributed by atoms with Crippen molar-refractivity contribution in [2.45, 2.75) is 13.8 Å². The van der Waals surface area contributed by atoms with E-state index in [4.69, 9.17) is 0 Å². The molecule has 0 unspecified atom stereocenters. The molecule has 2 N–H and O–H groups in total. The molecule has 0 aliphatic rings. The summed E-state index contributed by atoms with van der Waals surface area (Å²) in [7, 11) is 0. The molecular formula is C20H16F2N4O2. The number of carbonyl (C=O) groups is 2. The lowest BCUT2D eigenvalue weighted by Crippen LogP contribution is -2.17. The number of para-hydroxylation sites is 1. The first kappa shape index (κ1) is 19.1. The Balaban J connectivity index is 1.86. The van der Waals surface area contributed by atoms with E-state index in [0.717, 1.165) is 12.1 Å². The summed E-state index contributed by atoms with van der Waals surface area (Å²) in [6.45, 7) is 3.04. The maximum atomic E-state index is 13.7. The van der Waals surface area contributed by atoms with Crippen molar-refractivity contribution in [2.24, 2.45) is 0 Å². The van der Waals surface area contributed by atoms with Crippen LogP contribution >= 0.6 is 0 Å². The van der Waals surface area contributed by atoms with E-state index in [-0.39, 0.29) is 17.3 Å². The topological polar surface area (TPSA) is 84.0 Å². The number of ketones is 1. The van der Waals surface area contributed by atoms with Gasteiger partial charge >= 0.3 is 0 Å². The monoisotopic (exact) mass is 382 g/mol. The first-order chi connectivity index (χ1) is 13.3. The maximum absolute atomic E-state index is 13.7. The Hall–Kier alpha value is -3.68. The summed E-state index contributed by atoms with van der Waals surface area (Å²) in [4.78, 5) is 32.1. The van der Waals surface area contributed by atoms with Gasteiger partial charge in [0.1, 0.15) is 34.7 Å². The van der Waals surface area contributed by atoms with Crippen LogP contribution in [0.5, 0.6) is 0 Å². The van der Waals surface area contributed by atoms with Gasteiger partial charge in [-0.1, -0.05) is 18.2 Å². The molecule has 0 aliphatic carbocycles. The van der Waals surface area contributed by atoms with Crippen LogP contribution < -0.4 is 10.6 Å². The Kier molecular flexibility index (Phi) is 5.39. The molecule has 1 aromatic heterocycles. The molecular weight excluding hydrogens is 366 g/mol. The van der Waals surface area contributed by atoms with Crippen LogP contribution in [0.3, 0.4) is 0 Å². The molecule has 1 amide bonds. The van der Waals surface area contributed by atoms with E-state index in [1.807, 2.05) is 0 Å². The fourth-order valence-electron chi connectivity index (χ4n) is 2.51. The molecule has 0 saturated heterocycles. The average molecular weight is 382 g/mol. The van der Waals surface area contributed by atoms with E-state index < -0.39 is 23.2 Å². The summed E-state index contributed by atoms with van der Waals surface area (Å²) in [5, 5.41) is 5.18. The number of hydrogen-bond donors (Lipinski definition) is 2. The second kappa shape index (κ2) is 7.91. The number of aromatic nitrogens is 2. The molecule has 0 atom stereocenters. The van der Waals surface area contributed by atoms with E-state index in [2.05, 4.69) is 20.6 Å². The van der Waals surface area contributed by atoms with E-state index >= 15 is 0 Å². The summed E-state index contributed by atoms with van der Waals surface area (Å²) in [5.41, 5.74) is 0.494. The van der Waals surface area contributed by atoms with Crippen LogP contribution in [0.2, 0.25) is 0 Å². The zero-order valence-electron chi connectivity index (χ0n) is 15.1. The molecule has 1 heterocycles. The summed E-state index contributed by atoms with van der Waals surface area (Å²) in [6, 6.07) is 11.4. The SMILES string of the molecule is CC(=O)c1cccc(Nc2cc(C(=O)Nc3c(F)cccc3F)nc(C)n2)c1. The Labute approximate surface area is 159 Å². The van der Waals surface area contributed by atoms with Crippen LogP contribution in [0.15, 0.2) is 48.5 Å². The van der Waals surface area contributed by atoms with Crippen molar-refractivity contribution in [1.29, 1.82) is 0 Å². The Morgan fingerprint density at radius 2 is 1.64 bits per heavy atom. The molecule has 0 radical (unpaired) electrons. The van der Waals surface area contributed by atoms with Crippen molar-refractivity contribution in [3.8, 4) is 0 Å². The number of anilines is 3. The number of nitrogens with one attached hydrogen (secondary N) is 2. The predicted octanol–water partition coefficient (Wildman–Crippen LogP) is 4.26. The van der Waals surface area contributed by atoms with Crippen molar-refractivity contribution in [3.05, 3.63) is 77.2 Å². The second-order valence-corrected chi connectivity index (χ2v) is 6.00. The second-order valence-electron chi connectivity index (χ2n) is 6.00. The lowest BCUT2D eigenvalue weighted by Gasteiger charge is -2.10. The molecule has 0 bridgehead atoms. The summed E-state index contributed by atoms with van der Waals surface area (Å²) in [5.74, 6) is -2.07. The van der Waals surface area contributed by atoms with Crippen molar-refractivity contribution >= 4 is 28.9 Å². The zero-order chi connectivity index (χ0) is 20.3. The number of rotatable bonds is 5. The number of nitrogens with zero attached hydrogens (tertiary/aromatic N) is 2. The highest BCUT2D eigenvalue weighted by Crippen LogP contribution is 2.20. The van der Waals surface area contributed by atoms with E-state index in [0.29, 0.717) is 17.1 Å². The minimum absolute atomic E-state index is 0.0691. The van der Waals surface area contributed by atoms with Crippen molar-refractivity contribution in [1.82, 2.24) is 9.97 Å². The quantitative estimate of drug-likeness (QED) is 0.644. The van der Waals surface area contributed by atoms with Gasteiger partial charge < -0.3 is 10.6 Å². The van der Waals surface area contributed by atoms with Gasteiger partial charge in [-0.3, -0.25) is 9.59 Å². The molecule has 28 heavy (non-hydrogen) atoms. The normalized spacial score (nSPS) is 10.4. The van der Waals surface area contributed by atoms with Crippen molar-refractivity contribution < 1.29 is 18.4 Å². The molecule has 3 aromatic rings. The van der Waals surface area contributed by atoms with E-state index in [1.165, 1.54) is 19.1 Å². The number of hydrogen-bond acceptors (Lipinski definition) is 5. The largest absolute Gasteiger partial charge is 0.340 e. The highest BCUT2D eigenvalue weighted by molar-refractivity contribution is 6.03. The maximum Gasteiger partial charge on any atom is 0.274 e. The van der Waals surface area contributed by atoms with E-state index in [1.54, 1.807) is 31.2 Å². The molecule has 3 rings (SSSR count). The van der Waals surface area contributed by atoms with Crippen molar-refractivity contribution in [2.75, 3.05) is 10.6 Å². The minimum Gasteiger partial charge on any atom is -0.340 e. The number of aryl methyl sites for hydroxylation is 1. The number of benzene rings is 2. The van der Waals surface area contributed by atoms with Gasteiger partial charge in [0.25, 0.3) is 5.91 Å². The zero-order valence-corrected chi connectivity index (χ0v) is 15.1. The molecule has 0 aliphatic heterocycles. The molecule has 0 saturated carbocycles. The Morgan fingerprint density at radius 1 is 0.964 bits per heavy atom. The highest BCUT2D eigenvalue weighted by Gasteiger charge is 2.16. The van der Waals surface area contributed by atoms with Gasteiger partial charge in [0.2, 0.25) is 0 Å². The van der Waals surface area contributed by atoms with Crippen LogP contribution in [0.25, 0.3) is 0 Å². The lowest BCUT2D eigenvalue weighted by atomic mass is 10.1. The molecule has 0 spiro atoms.